The minimum Gasteiger partial charge on any atom is -0.329 e. The number of thiophene rings is 1. The van der Waals surface area contributed by atoms with Gasteiger partial charge in [-0.15, -0.1) is 11.3 Å². The Kier molecular flexibility index (Phi) is 2.68. The summed E-state index contributed by atoms with van der Waals surface area (Å²) in [6, 6.07) is 1.79. The van der Waals surface area contributed by atoms with Gasteiger partial charge in [0.25, 0.3) is 0 Å². The van der Waals surface area contributed by atoms with Crippen LogP contribution in [0.1, 0.15) is 11.6 Å². The molecule has 4 N–H and O–H groups in total. The summed E-state index contributed by atoms with van der Waals surface area (Å²) < 4.78 is 0.748. The number of hydrogen-bond acceptors (Lipinski definition) is 3. The summed E-state index contributed by atoms with van der Waals surface area (Å²) >= 11 is 7.27. The van der Waals surface area contributed by atoms with Crippen LogP contribution in [-0.2, 0) is 0 Å². The molecule has 1 unspecified atom stereocenters. The largest absolute Gasteiger partial charge is 0.329 e. The van der Waals surface area contributed by atoms with Gasteiger partial charge in [-0.05, 0) is 17.0 Å². The molecule has 0 aliphatic carbocycles. The van der Waals surface area contributed by atoms with E-state index >= 15 is 0 Å². The van der Waals surface area contributed by atoms with Crippen LogP contribution in [-0.4, -0.2) is 6.54 Å². The zero-order chi connectivity index (χ0) is 7.56. The predicted molar refractivity (Wildman–Crippen MR) is 45.3 cm³/mol. The molecular weight excluding hydrogens is 168 g/mol. The van der Waals surface area contributed by atoms with E-state index in [0.29, 0.717) is 6.54 Å². The zero-order valence-corrected chi connectivity index (χ0v) is 6.95. The predicted octanol–water partition coefficient (Wildman–Crippen LogP) is 1.36. The van der Waals surface area contributed by atoms with Crippen LogP contribution in [0.2, 0.25) is 4.34 Å². The van der Waals surface area contributed by atoms with Gasteiger partial charge >= 0.3 is 0 Å². The Hall–Kier alpha value is -0.0900. The highest BCUT2D eigenvalue weighted by atomic mass is 35.5. The summed E-state index contributed by atoms with van der Waals surface area (Å²) in [6.07, 6.45) is 0. The summed E-state index contributed by atoms with van der Waals surface area (Å²) in [5.74, 6) is 0. The van der Waals surface area contributed by atoms with Crippen LogP contribution in [0.25, 0.3) is 0 Å². The van der Waals surface area contributed by atoms with Gasteiger partial charge in [-0.1, -0.05) is 11.6 Å². The Labute approximate surface area is 68.8 Å². The van der Waals surface area contributed by atoms with Gasteiger partial charge in [0, 0.05) is 12.6 Å². The lowest BCUT2D eigenvalue weighted by atomic mass is 10.2. The van der Waals surface area contributed by atoms with Crippen molar-refractivity contribution in [2.24, 2.45) is 11.5 Å². The molecule has 0 saturated carbocycles. The SMILES string of the molecule is NCC(N)c1ccsc1Cl. The standard InChI is InChI=1S/C6H9ClN2S/c7-6-4(1-2-10-6)5(9)3-8/h1-2,5H,3,8-9H2. The van der Waals surface area contributed by atoms with Crippen LogP contribution >= 0.6 is 22.9 Å². The van der Waals surface area contributed by atoms with Crippen molar-refractivity contribution in [2.45, 2.75) is 6.04 Å². The van der Waals surface area contributed by atoms with Crippen LogP contribution in [0, 0.1) is 0 Å². The van der Waals surface area contributed by atoms with Gasteiger partial charge in [0.1, 0.15) is 0 Å². The lowest BCUT2D eigenvalue weighted by molar-refractivity contribution is 0.740. The van der Waals surface area contributed by atoms with Gasteiger partial charge in [-0.3, -0.25) is 0 Å². The van der Waals surface area contributed by atoms with E-state index in [-0.39, 0.29) is 6.04 Å². The first-order valence-corrected chi connectivity index (χ1v) is 4.20. The molecule has 2 nitrogen and oxygen atoms in total. The van der Waals surface area contributed by atoms with E-state index in [0.717, 1.165) is 9.90 Å². The summed E-state index contributed by atoms with van der Waals surface area (Å²) in [5, 5.41) is 1.91. The third-order valence-electron chi connectivity index (χ3n) is 1.30. The highest BCUT2D eigenvalue weighted by Gasteiger charge is 2.07. The van der Waals surface area contributed by atoms with Crippen molar-refractivity contribution in [3.63, 3.8) is 0 Å². The molecule has 0 saturated heterocycles. The molecule has 1 rings (SSSR count). The molecule has 0 spiro atoms. The number of halogens is 1. The van der Waals surface area contributed by atoms with Gasteiger partial charge in [-0.25, -0.2) is 0 Å². The molecule has 0 aliphatic heterocycles. The van der Waals surface area contributed by atoms with E-state index in [9.17, 15) is 0 Å². The van der Waals surface area contributed by atoms with E-state index in [1.165, 1.54) is 11.3 Å². The first kappa shape index (κ1) is 8.01. The van der Waals surface area contributed by atoms with Gasteiger partial charge in [0.2, 0.25) is 0 Å². The third-order valence-corrected chi connectivity index (χ3v) is 2.50. The monoisotopic (exact) mass is 176 g/mol. The summed E-state index contributed by atoms with van der Waals surface area (Å²) in [6.45, 7) is 0.441. The van der Waals surface area contributed by atoms with Crippen LogP contribution in [0.3, 0.4) is 0 Å². The molecule has 10 heavy (non-hydrogen) atoms. The van der Waals surface area contributed by atoms with Crippen molar-refractivity contribution in [1.29, 1.82) is 0 Å². The Morgan fingerprint density at radius 1 is 1.70 bits per heavy atom. The van der Waals surface area contributed by atoms with Crippen LogP contribution < -0.4 is 11.5 Å². The molecule has 0 fully saturated rings. The molecule has 1 atom stereocenters. The molecule has 0 radical (unpaired) electrons. The average molecular weight is 177 g/mol. The lowest BCUT2D eigenvalue weighted by Crippen LogP contribution is -2.20. The second-order valence-electron chi connectivity index (χ2n) is 1.99. The van der Waals surface area contributed by atoms with E-state index in [4.69, 9.17) is 23.1 Å². The quantitative estimate of drug-likeness (QED) is 0.715. The summed E-state index contributed by atoms with van der Waals surface area (Å²) in [7, 11) is 0. The first-order chi connectivity index (χ1) is 4.75. The second-order valence-corrected chi connectivity index (χ2v) is 3.51. The number of rotatable bonds is 2. The van der Waals surface area contributed by atoms with Crippen molar-refractivity contribution in [3.05, 3.63) is 21.3 Å². The molecular formula is C6H9ClN2S. The topological polar surface area (TPSA) is 52.0 Å². The Balaban J connectivity index is 2.82. The molecule has 0 amide bonds. The molecule has 0 aliphatic rings. The van der Waals surface area contributed by atoms with Crippen molar-refractivity contribution in [2.75, 3.05) is 6.54 Å². The normalized spacial score (nSPS) is 13.5. The molecule has 4 heteroatoms. The Morgan fingerprint density at radius 2 is 2.40 bits per heavy atom. The lowest BCUT2D eigenvalue weighted by Gasteiger charge is -2.05. The maximum absolute atomic E-state index is 5.80. The van der Waals surface area contributed by atoms with Crippen molar-refractivity contribution < 1.29 is 0 Å². The molecule has 1 aromatic rings. The minimum atomic E-state index is -0.112. The molecule has 0 aromatic carbocycles. The van der Waals surface area contributed by atoms with E-state index in [2.05, 4.69) is 0 Å². The van der Waals surface area contributed by atoms with Crippen LogP contribution in [0.5, 0.6) is 0 Å². The smallest absolute Gasteiger partial charge is 0.0976 e. The van der Waals surface area contributed by atoms with Gasteiger partial charge in [0.05, 0.1) is 4.34 Å². The van der Waals surface area contributed by atoms with Gasteiger partial charge in [-0.2, -0.15) is 0 Å². The Bertz CT molecular complexity index is 211. The van der Waals surface area contributed by atoms with E-state index < -0.39 is 0 Å². The molecule has 1 heterocycles. The summed E-state index contributed by atoms with van der Waals surface area (Å²) in [4.78, 5) is 0. The highest BCUT2D eigenvalue weighted by molar-refractivity contribution is 7.14. The third kappa shape index (κ3) is 1.49. The number of nitrogens with two attached hydrogens (primary N) is 2. The maximum atomic E-state index is 5.80. The zero-order valence-electron chi connectivity index (χ0n) is 5.38. The van der Waals surface area contributed by atoms with Crippen LogP contribution in [0.4, 0.5) is 0 Å². The second kappa shape index (κ2) is 3.34. The average Bonchev–Trinajstić information content (AvgIpc) is 2.34. The fraction of sp³-hybridized carbons (Fsp3) is 0.333. The maximum Gasteiger partial charge on any atom is 0.0976 e. The van der Waals surface area contributed by atoms with Crippen molar-refractivity contribution in [1.82, 2.24) is 0 Å². The molecule has 56 valence electrons. The minimum absolute atomic E-state index is 0.112. The molecule has 0 bridgehead atoms. The fourth-order valence-corrected chi connectivity index (χ4v) is 1.74. The van der Waals surface area contributed by atoms with E-state index in [1.807, 2.05) is 11.4 Å². The van der Waals surface area contributed by atoms with Crippen molar-refractivity contribution >= 4 is 22.9 Å². The van der Waals surface area contributed by atoms with Gasteiger partial charge < -0.3 is 11.5 Å². The van der Waals surface area contributed by atoms with E-state index in [1.54, 1.807) is 0 Å². The van der Waals surface area contributed by atoms with Crippen molar-refractivity contribution in [3.8, 4) is 0 Å². The first-order valence-electron chi connectivity index (χ1n) is 2.94. The highest BCUT2D eigenvalue weighted by Crippen LogP contribution is 2.26. The number of hydrogen-bond donors (Lipinski definition) is 2. The Morgan fingerprint density at radius 3 is 2.80 bits per heavy atom. The fourth-order valence-electron chi connectivity index (χ4n) is 0.697. The van der Waals surface area contributed by atoms with Crippen LogP contribution in [0.15, 0.2) is 11.4 Å². The van der Waals surface area contributed by atoms with Gasteiger partial charge in [0.15, 0.2) is 0 Å². The molecule has 1 aromatic heterocycles. The summed E-state index contributed by atoms with van der Waals surface area (Å²) in [5.41, 5.74) is 11.9.